The third-order valence-corrected chi connectivity index (χ3v) is 3.52. The number of hydrogen-bond acceptors (Lipinski definition) is 0. The van der Waals surface area contributed by atoms with Crippen LogP contribution < -0.4 is 5.19 Å². The second-order valence-electron chi connectivity index (χ2n) is 3.58. The van der Waals surface area contributed by atoms with Crippen LogP contribution in [0.1, 0.15) is 19.4 Å². The Morgan fingerprint density at radius 3 is 2.09 bits per heavy atom. The zero-order valence-corrected chi connectivity index (χ0v) is 9.01. The van der Waals surface area contributed by atoms with Crippen molar-refractivity contribution >= 4 is 14.7 Å². The summed E-state index contributed by atoms with van der Waals surface area (Å²) in [6.45, 7) is 6.76. The molecule has 0 aliphatic rings. The van der Waals surface area contributed by atoms with E-state index in [0.29, 0.717) is 0 Å². The molecule has 0 N–H and O–H groups in total. The van der Waals surface area contributed by atoms with Crippen LogP contribution in [0.4, 0.5) is 0 Å². The van der Waals surface area contributed by atoms with Crippen LogP contribution in [0.2, 0.25) is 5.54 Å². The lowest BCUT2D eigenvalue weighted by molar-refractivity contribution is 1.07. The maximum absolute atomic E-state index is 2.31. The van der Waals surface area contributed by atoms with E-state index in [1.54, 1.807) is 5.19 Å². The summed E-state index contributed by atoms with van der Waals surface area (Å²) in [6.07, 6.45) is 0. The summed E-state index contributed by atoms with van der Waals surface area (Å²) in [7, 11) is 0.00738. The number of rotatable bonds is 2. The summed E-state index contributed by atoms with van der Waals surface area (Å²) in [5.41, 5.74) is 2.27. The zero-order chi connectivity index (χ0) is 8.27. The molecule has 0 saturated carbocycles. The Balaban J connectivity index is 2.66. The number of benzene rings is 1. The quantitative estimate of drug-likeness (QED) is 0.583. The summed E-state index contributed by atoms with van der Waals surface area (Å²) in [5.74, 6) is 0. The van der Waals surface area contributed by atoms with E-state index in [1.165, 1.54) is 5.56 Å². The molecule has 0 saturated heterocycles. The van der Waals surface area contributed by atoms with Gasteiger partial charge >= 0.3 is 0 Å². The molecule has 0 unspecified atom stereocenters. The highest BCUT2D eigenvalue weighted by atomic mass is 28.2. The Bertz CT molecular complexity index is 211. The van der Waals surface area contributed by atoms with Gasteiger partial charge < -0.3 is 0 Å². The largest absolute Gasteiger partial charge is 0.0667 e. The summed E-state index contributed by atoms with van der Waals surface area (Å²) < 4.78 is 0. The van der Waals surface area contributed by atoms with Crippen LogP contribution in [0, 0.1) is 6.92 Å². The molecule has 11 heavy (non-hydrogen) atoms. The van der Waals surface area contributed by atoms with E-state index in [1.807, 2.05) is 0 Å². The van der Waals surface area contributed by atoms with E-state index in [2.05, 4.69) is 45.0 Å². The Hall–Kier alpha value is -0.563. The normalized spacial score (nSPS) is 11.6. The first kappa shape index (κ1) is 8.53. The molecule has 0 amide bonds. The van der Waals surface area contributed by atoms with Gasteiger partial charge in [0.05, 0.1) is 9.52 Å². The van der Waals surface area contributed by atoms with Crippen molar-refractivity contribution < 1.29 is 0 Å². The molecule has 0 heterocycles. The molecular formula is C10H16Si. The molecule has 0 atom stereocenters. The Labute approximate surface area is 71.5 Å². The Morgan fingerprint density at radius 1 is 1.09 bits per heavy atom. The fourth-order valence-electron chi connectivity index (χ4n) is 1.20. The van der Waals surface area contributed by atoms with Gasteiger partial charge in [0.15, 0.2) is 0 Å². The van der Waals surface area contributed by atoms with Gasteiger partial charge in [-0.1, -0.05) is 54.4 Å². The molecule has 0 radical (unpaired) electrons. The highest BCUT2D eigenvalue weighted by Gasteiger charge is 1.96. The summed E-state index contributed by atoms with van der Waals surface area (Å²) in [4.78, 5) is 0. The van der Waals surface area contributed by atoms with Crippen LogP contribution in [-0.2, 0) is 0 Å². The van der Waals surface area contributed by atoms with Gasteiger partial charge in [0.2, 0.25) is 0 Å². The van der Waals surface area contributed by atoms with Crippen molar-refractivity contribution in [2.75, 3.05) is 0 Å². The van der Waals surface area contributed by atoms with Gasteiger partial charge in [0.25, 0.3) is 0 Å². The number of hydrogen-bond donors (Lipinski definition) is 0. The average Bonchev–Trinajstić information content (AvgIpc) is 1.93. The van der Waals surface area contributed by atoms with E-state index in [-0.39, 0.29) is 9.52 Å². The van der Waals surface area contributed by atoms with Crippen molar-refractivity contribution in [1.82, 2.24) is 0 Å². The monoisotopic (exact) mass is 164 g/mol. The first-order chi connectivity index (χ1) is 5.18. The van der Waals surface area contributed by atoms with E-state index >= 15 is 0 Å². The maximum atomic E-state index is 2.31. The van der Waals surface area contributed by atoms with Crippen molar-refractivity contribution in [2.45, 2.75) is 26.3 Å². The van der Waals surface area contributed by atoms with Gasteiger partial charge in [-0.25, -0.2) is 0 Å². The van der Waals surface area contributed by atoms with Crippen molar-refractivity contribution in [1.29, 1.82) is 0 Å². The van der Waals surface area contributed by atoms with Gasteiger partial charge in [-0.05, 0) is 6.92 Å². The van der Waals surface area contributed by atoms with Gasteiger partial charge in [0.1, 0.15) is 0 Å². The molecule has 0 bridgehead atoms. The van der Waals surface area contributed by atoms with Crippen molar-refractivity contribution in [2.24, 2.45) is 0 Å². The summed E-state index contributed by atoms with van der Waals surface area (Å²) in [6, 6.07) is 8.98. The minimum atomic E-state index is 0.00738. The van der Waals surface area contributed by atoms with Crippen LogP contribution in [0.5, 0.6) is 0 Å². The zero-order valence-electron chi connectivity index (χ0n) is 7.59. The lowest BCUT2D eigenvalue weighted by atomic mass is 10.2. The van der Waals surface area contributed by atoms with Crippen LogP contribution >= 0.6 is 0 Å². The molecule has 1 aromatic carbocycles. The molecule has 0 fully saturated rings. The molecule has 0 aliphatic carbocycles. The first-order valence-electron chi connectivity index (χ1n) is 4.24. The van der Waals surface area contributed by atoms with Crippen LogP contribution in [0.25, 0.3) is 0 Å². The van der Waals surface area contributed by atoms with Crippen LogP contribution in [0.15, 0.2) is 24.3 Å². The standard InChI is InChI=1S/C10H16Si/c1-8(2)11-10-6-4-9(3)5-7-10/h4-8H,11H2,1-3H3. The summed E-state index contributed by atoms with van der Waals surface area (Å²) >= 11 is 0. The van der Waals surface area contributed by atoms with Crippen molar-refractivity contribution in [3.05, 3.63) is 29.8 Å². The minimum Gasteiger partial charge on any atom is -0.0667 e. The first-order valence-corrected chi connectivity index (χ1v) is 5.76. The van der Waals surface area contributed by atoms with Crippen molar-refractivity contribution in [3.8, 4) is 0 Å². The highest BCUT2D eigenvalue weighted by molar-refractivity contribution is 6.54. The highest BCUT2D eigenvalue weighted by Crippen LogP contribution is 1.98. The van der Waals surface area contributed by atoms with E-state index in [0.717, 1.165) is 5.54 Å². The summed E-state index contributed by atoms with van der Waals surface area (Å²) in [5, 5.41) is 1.59. The fraction of sp³-hybridized carbons (Fsp3) is 0.400. The van der Waals surface area contributed by atoms with Crippen molar-refractivity contribution in [3.63, 3.8) is 0 Å². The Kier molecular flexibility index (Phi) is 2.89. The Morgan fingerprint density at radius 2 is 1.64 bits per heavy atom. The average molecular weight is 164 g/mol. The van der Waals surface area contributed by atoms with Crippen LogP contribution in [0.3, 0.4) is 0 Å². The lowest BCUT2D eigenvalue weighted by Gasteiger charge is -2.03. The third-order valence-electron chi connectivity index (χ3n) is 1.76. The van der Waals surface area contributed by atoms with Gasteiger partial charge in [-0.2, -0.15) is 0 Å². The fourth-order valence-corrected chi connectivity index (χ4v) is 2.65. The van der Waals surface area contributed by atoms with Gasteiger partial charge in [0, 0.05) is 0 Å². The SMILES string of the molecule is Cc1ccc([SiH2]C(C)C)cc1. The third kappa shape index (κ3) is 2.89. The molecule has 0 aliphatic heterocycles. The molecule has 0 aromatic heterocycles. The maximum Gasteiger partial charge on any atom is 0.0572 e. The van der Waals surface area contributed by atoms with E-state index in [9.17, 15) is 0 Å². The molecule has 0 spiro atoms. The van der Waals surface area contributed by atoms with Crippen LogP contribution in [-0.4, -0.2) is 9.52 Å². The number of aryl methyl sites for hydroxylation is 1. The molecular weight excluding hydrogens is 148 g/mol. The molecule has 1 aromatic rings. The van der Waals surface area contributed by atoms with Gasteiger partial charge in [-0.15, -0.1) is 0 Å². The molecule has 1 rings (SSSR count). The van der Waals surface area contributed by atoms with E-state index in [4.69, 9.17) is 0 Å². The predicted molar refractivity (Wildman–Crippen MR) is 54.5 cm³/mol. The minimum absolute atomic E-state index is 0.00738. The topological polar surface area (TPSA) is 0 Å². The smallest absolute Gasteiger partial charge is 0.0572 e. The molecule has 1 heteroatoms. The molecule has 0 nitrogen and oxygen atoms in total. The second kappa shape index (κ2) is 3.72. The lowest BCUT2D eigenvalue weighted by Crippen LogP contribution is -2.15. The predicted octanol–water partition coefficient (Wildman–Crippen LogP) is 1.62. The molecule has 60 valence electrons. The second-order valence-corrected chi connectivity index (χ2v) is 6.44. The van der Waals surface area contributed by atoms with Gasteiger partial charge in [-0.3, -0.25) is 0 Å². The van der Waals surface area contributed by atoms with E-state index < -0.39 is 0 Å².